The minimum absolute atomic E-state index is 0.0324. The Morgan fingerprint density at radius 2 is 2.21 bits per heavy atom. The van der Waals surface area contributed by atoms with Gasteiger partial charge in [0.05, 0.1) is 0 Å². The van der Waals surface area contributed by atoms with Gasteiger partial charge in [0.15, 0.2) is 0 Å². The summed E-state index contributed by atoms with van der Waals surface area (Å²) in [6, 6.07) is 4.24. The molecule has 28 heavy (non-hydrogen) atoms. The van der Waals surface area contributed by atoms with Gasteiger partial charge in [0.1, 0.15) is 6.04 Å². The Hall–Kier alpha value is -1.99. The molecule has 2 saturated heterocycles. The van der Waals surface area contributed by atoms with Crippen molar-refractivity contribution in [2.45, 2.75) is 56.8 Å². The molecule has 3 fully saturated rings. The molecule has 7 heteroatoms. The number of likely N-dealkylation sites (tertiary alicyclic amines) is 1. The lowest BCUT2D eigenvalue weighted by atomic mass is 10.0. The normalized spacial score (nSPS) is 28.5. The van der Waals surface area contributed by atoms with E-state index in [1.54, 1.807) is 12.4 Å². The van der Waals surface area contributed by atoms with Crippen LogP contribution in [0.4, 0.5) is 0 Å². The number of amides is 2. The molecule has 7 nitrogen and oxygen atoms in total. The first kappa shape index (κ1) is 19.3. The molecule has 152 valence electrons. The molecule has 3 unspecified atom stereocenters. The van der Waals surface area contributed by atoms with Crippen molar-refractivity contribution >= 4 is 11.8 Å². The van der Waals surface area contributed by atoms with Crippen molar-refractivity contribution in [1.29, 1.82) is 0 Å². The number of carbonyl (C=O) groups is 2. The molecule has 2 N–H and O–H groups in total. The molecule has 3 heterocycles. The fourth-order valence-corrected chi connectivity index (χ4v) is 4.58. The van der Waals surface area contributed by atoms with Gasteiger partial charge in [0.2, 0.25) is 11.8 Å². The maximum Gasteiger partial charge on any atom is 0.239 e. The lowest BCUT2D eigenvalue weighted by Crippen LogP contribution is -2.50. The first-order valence-electron chi connectivity index (χ1n) is 10.5. The molecule has 0 spiro atoms. The van der Waals surface area contributed by atoms with E-state index in [1.165, 1.54) is 12.8 Å². The van der Waals surface area contributed by atoms with Crippen molar-refractivity contribution in [2.24, 2.45) is 5.92 Å². The summed E-state index contributed by atoms with van der Waals surface area (Å²) in [7, 11) is 2.12. The van der Waals surface area contributed by atoms with E-state index in [-0.39, 0.29) is 29.9 Å². The third kappa shape index (κ3) is 4.52. The highest BCUT2D eigenvalue weighted by Crippen LogP contribution is 2.34. The smallest absolute Gasteiger partial charge is 0.239 e. The average molecular weight is 386 g/mol. The molecule has 1 aromatic heterocycles. The maximum atomic E-state index is 12.7. The average Bonchev–Trinajstić information content (AvgIpc) is 3.44. The lowest BCUT2D eigenvalue weighted by Gasteiger charge is -2.33. The summed E-state index contributed by atoms with van der Waals surface area (Å²) in [5, 5.41) is 6.11. The Bertz CT molecular complexity index is 693. The molecule has 3 atom stereocenters. The number of hydrogen-bond donors (Lipinski definition) is 2. The molecule has 4 rings (SSSR count). The molecule has 2 aliphatic heterocycles. The van der Waals surface area contributed by atoms with E-state index in [1.807, 2.05) is 12.1 Å². The highest BCUT2D eigenvalue weighted by atomic mass is 16.2. The first-order valence-corrected chi connectivity index (χ1v) is 10.5. The van der Waals surface area contributed by atoms with Crippen LogP contribution in [0.25, 0.3) is 0 Å². The molecule has 1 saturated carbocycles. The van der Waals surface area contributed by atoms with Gasteiger partial charge in [-0.3, -0.25) is 24.4 Å². The van der Waals surface area contributed by atoms with E-state index < -0.39 is 0 Å². The Morgan fingerprint density at radius 1 is 1.36 bits per heavy atom. The third-order valence-corrected chi connectivity index (χ3v) is 6.46. The topological polar surface area (TPSA) is 77.6 Å². The molecular weight excluding hydrogens is 354 g/mol. The lowest BCUT2D eigenvalue weighted by molar-refractivity contribution is -0.126. The summed E-state index contributed by atoms with van der Waals surface area (Å²) in [5.74, 6) is 1.00. The number of fused-ring (bicyclic) bond motifs is 1. The summed E-state index contributed by atoms with van der Waals surface area (Å²) >= 11 is 0. The van der Waals surface area contributed by atoms with Gasteiger partial charge in [-0.05, 0) is 50.3 Å². The molecule has 1 aromatic rings. The number of carbonyl (C=O) groups excluding carboxylic acids is 2. The van der Waals surface area contributed by atoms with Crippen LogP contribution in [-0.2, 0) is 16.1 Å². The first-order chi connectivity index (χ1) is 13.6. The zero-order chi connectivity index (χ0) is 19.5. The number of likely N-dealkylation sites (N-methyl/N-ethyl adjacent to an activating group) is 1. The largest absolute Gasteiger partial charge is 0.353 e. The van der Waals surface area contributed by atoms with Crippen LogP contribution < -0.4 is 10.6 Å². The van der Waals surface area contributed by atoms with Crippen molar-refractivity contribution in [3.05, 3.63) is 30.1 Å². The Morgan fingerprint density at radius 3 is 2.96 bits per heavy atom. The fraction of sp³-hybridized carbons (Fsp3) is 0.667. The maximum absolute atomic E-state index is 12.7. The molecule has 0 bridgehead atoms. The number of nitrogens with zero attached hydrogens (tertiary/aromatic N) is 3. The highest BCUT2D eigenvalue weighted by Gasteiger charge is 2.46. The summed E-state index contributed by atoms with van der Waals surface area (Å²) < 4.78 is 0. The monoisotopic (exact) mass is 385 g/mol. The van der Waals surface area contributed by atoms with Crippen LogP contribution in [0.1, 0.15) is 37.7 Å². The Kier molecular flexibility index (Phi) is 5.92. The summed E-state index contributed by atoms with van der Waals surface area (Å²) in [5.41, 5.74) is 0.999. The van der Waals surface area contributed by atoms with E-state index in [9.17, 15) is 9.59 Å². The van der Waals surface area contributed by atoms with Crippen LogP contribution in [0.3, 0.4) is 0 Å². The highest BCUT2D eigenvalue weighted by molar-refractivity contribution is 5.83. The van der Waals surface area contributed by atoms with E-state index in [0.29, 0.717) is 19.5 Å². The summed E-state index contributed by atoms with van der Waals surface area (Å²) in [6.45, 7) is 3.19. The van der Waals surface area contributed by atoms with Crippen LogP contribution in [0, 0.1) is 5.92 Å². The van der Waals surface area contributed by atoms with Crippen molar-refractivity contribution in [3.8, 4) is 0 Å². The van der Waals surface area contributed by atoms with Crippen LogP contribution >= 0.6 is 0 Å². The number of aromatic nitrogens is 1. The van der Waals surface area contributed by atoms with E-state index in [0.717, 1.165) is 37.4 Å². The van der Waals surface area contributed by atoms with Crippen LogP contribution in [0.2, 0.25) is 0 Å². The molecular formula is C21H31N5O2. The minimum Gasteiger partial charge on any atom is -0.353 e. The van der Waals surface area contributed by atoms with Crippen molar-refractivity contribution in [3.63, 3.8) is 0 Å². The predicted molar refractivity (Wildman–Crippen MR) is 106 cm³/mol. The van der Waals surface area contributed by atoms with Crippen LogP contribution in [-0.4, -0.2) is 71.4 Å². The van der Waals surface area contributed by atoms with Crippen molar-refractivity contribution in [2.75, 3.05) is 26.7 Å². The van der Waals surface area contributed by atoms with Crippen molar-refractivity contribution in [1.82, 2.24) is 25.4 Å². The zero-order valence-corrected chi connectivity index (χ0v) is 16.6. The molecule has 2 amide bonds. The van der Waals surface area contributed by atoms with Gasteiger partial charge in [-0.2, -0.15) is 0 Å². The van der Waals surface area contributed by atoms with Gasteiger partial charge < -0.3 is 10.6 Å². The minimum atomic E-state index is -0.0324. The third-order valence-electron chi connectivity index (χ3n) is 6.46. The summed E-state index contributed by atoms with van der Waals surface area (Å²) in [4.78, 5) is 33.8. The van der Waals surface area contributed by atoms with E-state index in [2.05, 4.69) is 32.5 Å². The molecule has 0 radical (unpaired) electrons. The second-order valence-corrected chi connectivity index (χ2v) is 8.48. The molecule has 1 aliphatic carbocycles. The van der Waals surface area contributed by atoms with E-state index in [4.69, 9.17) is 0 Å². The fourth-order valence-electron chi connectivity index (χ4n) is 4.58. The number of pyridine rings is 1. The number of rotatable bonds is 7. The quantitative estimate of drug-likeness (QED) is 0.725. The Labute approximate surface area is 166 Å². The standard InChI is InChI=1S/C21H31N5O2/c1-25-17(6-7-19(27)23-12-16-3-2-9-22-11-16)13-24-21(28)20-18(25)8-10-26(20)14-15-4-5-15/h2-3,9,11,15,17-18,20H,4-8,10,12-14H2,1H3,(H,23,27)(H,24,28). The zero-order valence-electron chi connectivity index (χ0n) is 16.6. The van der Waals surface area contributed by atoms with Gasteiger partial charge in [-0.1, -0.05) is 6.07 Å². The van der Waals surface area contributed by atoms with E-state index >= 15 is 0 Å². The number of nitrogens with one attached hydrogen (secondary N) is 2. The van der Waals surface area contributed by atoms with Gasteiger partial charge in [-0.25, -0.2) is 0 Å². The van der Waals surface area contributed by atoms with Gasteiger partial charge >= 0.3 is 0 Å². The SMILES string of the molecule is CN1C(CCC(=O)NCc2cccnc2)CNC(=O)C2C1CCN2CC1CC1. The second kappa shape index (κ2) is 8.57. The van der Waals surface area contributed by atoms with Gasteiger partial charge in [0, 0.05) is 57.1 Å². The van der Waals surface area contributed by atoms with Crippen LogP contribution in [0.5, 0.6) is 0 Å². The predicted octanol–water partition coefficient (Wildman–Crippen LogP) is 0.761. The second-order valence-electron chi connectivity index (χ2n) is 8.48. The summed E-state index contributed by atoms with van der Waals surface area (Å²) in [6.07, 6.45) is 8.36. The van der Waals surface area contributed by atoms with Crippen molar-refractivity contribution < 1.29 is 9.59 Å². The Balaban J connectivity index is 1.29. The molecule has 3 aliphatic rings. The number of hydrogen-bond acceptors (Lipinski definition) is 5. The van der Waals surface area contributed by atoms with Crippen LogP contribution in [0.15, 0.2) is 24.5 Å². The molecule has 0 aromatic carbocycles. The van der Waals surface area contributed by atoms with Gasteiger partial charge in [0.25, 0.3) is 0 Å². The van der Waals surface area contributed by atoms with Gasteiger partial charge in [-0.15, -0.1) is 0 Å².